The van der Waals surface area contributed by atoms with E-state index in [0.717, 1.165) is 4.90 Å². The number of Topliss-reactive ketones (excluding diaryl/α,β-unsaturated/α-hetero) is 1. The number of anilines is 2. The third-order valence-corrected chi connectivity index (χ3v) is 7.45. The zero-order valence-corrected chi connectivity index (χ0v) is 18.2. The van der Waals surface area contributed by atoms with Gasteiger partial charge in [0.1, 0.15) is 0 Å². The lowest BCUT2D eigenvalue weighted by molar-refractivity contribution is -0.116. The van der Waals surface area contributed by atoms with E-state index in [9.17, 15) is 22.8 Å². The standard InChI is InChI=1S/C21H22N2O5S2/c1-13-11-21(26)23-18-12-17(7-8-19(18)29-13)30(27,28)10-9-20(25)22-16-5-3-15(4-6-16)14(2)24/h3-8,12-13H,9-11H2,1-2H3,(H,22,25)(H,23,26). The van der Waals surface area contributed by atoms with Crippen molar-refractivity contribution in [3.05, 3.63) is 48.0 Å². The first kappa shape index (κ1) is 22.0. The summed E-state index contributed by atoms with van der Waals surface area (Å²) in [6.07, 6.45) is 0.140. The summed E-state index contributed by atoms with van der Waals surface area (Å²) in [4.78, 5) is 36.3. The molecule has 0 fully saturated rings. The third-order valence-electron chi connectivity index (χ3n) is 4.56. The highest BCUT2D eigenvalue weighted by Gasteiger charge is 2.23. The molecule has 1 atom stereocenters. The van der Waals surface area contributed by atoms with Crippen LogP contribution < -0.4 is 10.6 Å². The summed E-state index contributed by atoms with van der Waals surface area (Å²) in [5.74, 6) is -1.04. The normalized spacial score (nSPS) is 16.2. The van der Waals surface area contributed by atoms with E-state index >= 15 is 0 Å². The van der Waals surface area contributed by atoms with Crippen LogP contribution in [0.2, 0.25) is 0 Å². The van der Waals surface area contributed by atoms with E-state index in [1.54, 1.807) is 30.3 Å². The van der Waals surface area contributed by atoms with Gasteiger partial charge in [-0.05, 0) is 49.4 Å². The predicted molar refractivity (Wildman–Crippen MR) is 117 cm³/mol. The number of nitrogens with one attached hydrogen (secondary N) is 2. The zero-order chi connectivity index (χ0) is 21.9. The van der Waals surface area contributed by atoms with Crippen molar-refractivity contribution >= 4 is 50.6 Å². The molecule has 0 saturated carbocycles. The van der Waals surface area contributed by atoms with E-state index in [1.807, 2.05) is 6.92 Å². The zero-order valence-electron chi connectivity index (χ0n) is 16.6. The van der Waals surface area contributed by atoms with Crippen LogP contribution in [-0.2, 0) is 19.4 Å². The maximum Gasteiger partial charge on any atom is 0.225 e. The second-order valence-electron chi connectivity index (χ2n) is 7.09. The van der Waals surface area contributed by atoms with Crippen molar-refractivity contribution in [3.63, 3.8) is 0 Å². The van der Waals surface area contributed by atoms with Crippen molar-refractivity contribution in [1.29, 1.82) is 0 Å². The third kappa shape index (κ3) is 5.48. The Labute approximate surface area is 179 Å². The molecular weight excluding hydrogens is 424 g/mol. The number of carbonyl (C=O) groups is 3. The van der Waals surface area contributed by atoms with Crippen LogP contribution in [0.4, 0.5) is 11.4 Å². The molecule has 9 heteroatoms. The van der Waals surface area contributed by atoms with Gasteiger partial charge >= 0.3 is 0 Å². The molecule has 1 aliphatic heterocycles. The minimum atomic E-state index is -3.71. The molecule has 158 valence electrons. The lowest BCUT2D eigenvalue weighted by Crippen LogP contribution is -2.18. The van der Waals surface area contributed by atoms with Crippen molar-refractivity contribution < 1.29 is 22.8 Å². The molecule has 0 radical (unpaired) electrons. The minimum absolute atomic E-state index is 0.0651. The predicted octanol–water partition coefficient (Wildman–Crippen LogP) is 3.51. The van der Waals surface area contributed by atoms with Gasteiger partial charge in [0.05, 0.1) is 16.3 Å². The van der Waals surface area contributed by atoms with Crippen molar-refractivity contribution in [2.45, 2.75) is 41.7 Å². The van der Waals surface area contributed by atoms with Crippen LogP contribution in [0.25, 0.3) is 0 Å². The molecule has 2 aromatic carbocycles. The summed E-state index contributed by atoms with van der Waals surface area (Å²) in [7, 11) is -3.71. The van der Waals surface area contributed by atoms with Crippen molar-refractivity contribution in [3.8, 4) is 0 Å². The molecule has 0 aromatic heterocycles. The molecule has 2 amide bonds. The van der Waals surface area contributed by atoms with Crippen LogP contribution in [0.3, 0.4) is 0 Å². The van der Waals surface area contributed by atoms with Crippen LogP contribution in [0.15, 0.2) is 52.3 Å². The first-order valence-electron chi connectivity index (χ1n) is 9.38. The molecule has 0 bridgehead atoms. The molecule has 0 spiro atoms. The number of amides is 2. The second kappa shape index (κ2) is 9.01. The summed E-state index contributed by atoms with van der Waals surface area (Å²) in [5.41, 5.74) is 1.49. The molecule has 1 heterocycles. The molecule has 7 nitrogen and oxygen atoms in total. The van der Waals surface area contributed by atoms with Crippen LogP contribution in [0.1, 0.15) is 37.0 Å². The topological polar surface area (TPSA) is 109 Å². The molecule has 1 aliphatic rings. The maximum absolute atomic E-state index is 12.7. The number of carbonyl (C=O) groups excluding carboxylic acids is 3. The highest BCUT2D eigenvalue weighted by Crippen LogP contribution is 2.36. The van der Waals surface area contributed by atoms with Gasteiger partial charge in [-0.3, -0.25) is 14.4 Å². The second-order valence-corrected chi connectivity index (χ2v) is 10.7. The quantitative estimate of drug-likeness (QED) is 0.657. The molecule has 0 saturated heterocycles. The van der Waals surface area contributed by atoms with Crippen LogP contribution >= 0.6 is 11.8 Å². The van der Waals surface area contributed by atoms with Gasteiger partial charge in [-0.25, -0.2) is 8.42 Å². The fourth-order valence-corrected chi connectivity index (χ4v) is 5.29. The van der Waals surface area contributed by atoms with Crippen molar-refractivity contribution in [2.75, 3.05) is 16.4 Å². The number of benzene rings is 2. The number of fused-ring (bicyclic) bond motifs is 1. The molecule has 30 heavy (non-hydrogen) atoms. The lowest BCUT2D eigenvalue weighted by Gasteiger charge is -2.11. The van der Waals surface area contributed by atoms with Gasteiger partial charge in [0.25, 0.3) is 0 Å². The highest BCUT2D eigenvalue weighted by atomic mass is 32.2. The number of hydrogen-bond acceptors (Lipinski definition) is 6. The Morgan fingerprint density at radius 2 is 1.87 bits per heavy atom. The number of ketones is 1. The fourth-order valence-electron chi connectivity index (χ4n) is 2.98. The highest BCUT2D eigenvalue weighted by molar-refractivity contribution is 8.00. The summed E-state index contributed by atoms with van der Waals surface area (Å²) in [5, 5.41) is 5.47. The molecule has 2 aromatic rings. The van der Waals surface area contributed by atoms with Gasteiger partial charge < -0.3 is 10.6 Å². The summed E-state index contributed by atoms with van der Waals surface area (Å²) in [6.45, 7) is 3.39. The Hall–Kier alpha value is -2.65. The van der Waals surface area contributed by atoms with Crippen molar-refractivity contribution in [2.24, 2.45) is 0 Å². The first-order valence-corrected chi connectivity index (χ1v) is 11.9. The summed E-state index contributed by atoms with van der Waals surface area (Å²) >= 11 is 1.51. The Balaban J connectivity index is 1.65. The maximum atomic E-state index is 12.7. The van der Waals surface area contributed by atoms with Gasteiger partial charge in [-0.2, -0.15) is 0 Å². The smallest absolute Gasteiger partial charge is 0.225 e. The average Bonchev–Trinajstić information content (AvgIpc) is 2.82. The van der Waals surface area contributed by atoms with Gasteiger partial charge in [-0.15, -0.1) is 11.8 Å². The summed E-state index contributed by atoms with van der Waals surface area (Å²) < 4.78 is 25.4. The largest absolute Gasteiger partial charge is 0.326 e. The Morgan fingerprint density at radius 1 is 1.17 bits per heavy atom. The van der Waals surface area contributed by atoms with E-state index in [1.165, 1.54) is 30.8 Å². The van der Waals surface area contributed by atoms with Gasteiger partial charge in [0, 0.05) is 34.2 Å². The summed E-state index contributed by atoms with van der Waals surface area (Å²) in [6, 6.07) is 11.0. The van der Waals surface area contributed by atoms with Crippen LogP contribution in [0, 0.1) is 0 Å². The Morgan fingerprint density at radius 3 is 2.53 bits per heavy atom. The SMILES string of the molecule is CC(=O)c1ccc(NC(=O)CCS(=O)(=O)c2ccc3c(c2)NC(=O)CC(C)S3)cc1. The Kier molecular flexibility index (Phi) is 6.62. The van der Waals surface area contributed by atoms with E-state index in [-0.39, 0.29) is 34.0 Å². The van der Waals surface area contributed by atoms with Gasteiger partial charge in [-0.1, -0.05) is 6.92 Å². The number of thioether (sulfide) groups is 1. The molecular formula is C21H22N2O5S2. The van der Waals surface area contributed by atoms with E-state index < -0.39 is 15.7 Å². The number of sulfone groups is 1. The number of hydrogen-bond donors (Lipinski definition) is 2. The van der Waals surface area contributed by atoms with E-state index in [2.05, 4.69) is 10.6 Å². The van der Waals surface area contributed by atoms with Crippen LogP contribution in [-0.4, -0.2) is 37.0 Å². The molecule has 1 unspecified atom stereocenters. The molecule has 0 aliphatic carbocycles. The van der Waals surface area contributed by atoms with Gasteiger partial charge in [0.15, 0.2) is 15.6 Å². The minimum Gasteiger partial charge on any atom is -0.326 e. The number of rotatable bonds is 6. The molecule has 2 N–H and O–H groups in total. The van der Waals surface area contributed by atoms with Gasteiger partial charge in [0.2, 0.25) is 11.8 Å². The fraction of sp³-hybridized carbons (Fsp3) is 0.286. The van der Waals surface area contributed by atoms with Crippen molar-refractivity contribution in [1.82, 2.24) is 0 Å². The molecule has 3 rings (SSSR count). The van der Waals surface area contributed by atoms with E-state index in [4.69, 9.17) is 0 Å². The Bertz CT molecular complexity index is 1090. The lowest BCUT2D eigenvalue weighted by atomic mass is 10.1. The van der Waals surface area contributed by atoms with Crippen LogP contribution in [0.5, 0.6) is 0 Å². The average molecular weight is 447 g/mol. The first-order chi connectivity index (χ1) is 14.1. The van der Waals surface area contributed by atoms with E-state index in [0.29, 0.717) is 23.4 Å². The monoisotopic (exact) mass is 446 g/mol.